The van der Waals surface area contributed by atoms with Gasteiger partial charge in [-0.2, -0.15) is 5.10 Å². The Labute approximate surface area is 104 Å². The summed E-state index contributed by atoms with van der Waals surface area (Å²) in [7, 11) is 1.82. The molecule has 0 N–H and O–H groups in total. The van der Waals surface area contributed by atoms with Crippen LogP contribution in [0, 0.1) is 10.1 Å². The number of nitro benzene ring substituents is 1. The molecule has 1 fully saturated rings. The van der Waals surface area contributed by atoms with Crippen molar-refractivity contribution in [2.24, 2.45) is 7.05 Å². The number of aromatic nitrogens is 2. The maximum absolute atomic E-state index is 11.2. The number of nitro groups is 1. The van der Waals surface area contributed by atoms with Crippen LogP contribution in [-0.4, -0.2) is 27.8 Å². The first-order valence-electron chi connectivity index (χ1n) is 6.02. The Morgan fingerprint density at radius 1 is 1.33 bits per heavy atom. The molecule has 2 heterocycles. The molecule has 1 aliphatic rings. The van der Waals surface area contributed by atoms with Crippen LogP contribution < -0.4 is 4.90 Å². The SMILES string of the molecule is Cn1cc2cc([N+](=O)[O-])c(N3CCCC3)cc2n1. The summed E-state index contributed by atoms with van der Waals surface area (Å²) < 4.78 is 1.68. The first-order chi connectivity index (χ1) is 8.65. The normalized spacial score (nSPS) is 15.5. The molecule has 1 saturated heterocycles. The van der Waals surface area contributed by atoms with Gasteiger partial charge in [0, 0.05) is 37.8 Å². The van der Waals surface area contributed by atoms with E-state index in [-0.39, 0.29) is 10.6 Å². The molecule has 1 aromatic heterocycles. The van der Waals surface area contributed by atoms with E-state index in [1.165, 1.54) is 0 Å². The predicted octanol–water partition coefficient (Wildman–Crippen LogP) is 2.08. The Morgan fingerprint density at radius 2 is 2.06 bits per heavy atom. The Morgan fingerprint density at radius 3 is 2.72 bits per heavy atom. The largest absolute Gasteiger partial charge is 0.366 e. The summed E-state index contributed by atoms with van der Waals surface area (Å²) in [6.07, 6.45) is 3.99. The van der Waals surface area contributed by atoms with E-state index in [4.69, 9.17) is 0 Å². The predicted molar refractivity (Wildman–Crippen MR) is 68.8 cm³/mol. The minimum Gasteiger partial charge on any atom is -0.366 e. The second-order valence-corrected chi connectivity index (χ2v) is 4.65. The number of aryl methyl sites for hydroxylation is 1. The molecule has 94 valence electrons. The van der Waals surface area contributed by atoms with Gasteiger partial charge in [0.2, 0.25) is 0 Å². The summed E-state index contributed by atoms with van der Waals surface area (Å²) in [4.78, 5) is 13.0. The molecule has 1 aromatic carbocycles. The van der Waals surface area contributed by atoms with Crippen molar-refractivity contribution in [2.75, 3.05) is 18.0 Å². The fourth-order valence-electron chi connectivity index (χ4n) is 2.53. The first kappa shape index (κ1) is 11.0. The summed E-state index contributed by atoms with van der Waals surface area (Å²) in [5, 5.41) is 16.3. The molecular weight excluding hydrogens is 232 g/mol. The summed E-state index contributed by atoms with van der Waals surface area (Å²) >= 11 is 0. The van der Waals surface area contributed by atoms with Crippen molar-refractivity contribution < 1.29 is 4.92 Å². The molecule has 6 heteroatoms. The zero-order valence-corrected chi connectivity index (χ0v) is 10.2. The summed E-state index contributed by atoms with van der Waals surface area (Å²) in [6, 6.07) is 3.45. The van der Waals surface area contributed by atoms with Crippen LogP contribution in [0.1, 0.15) is 12.8 Å². The van der Waals surface area contributed by atoms with Crippen LogP contribution in [0.3, 0.4) is 0 Å². The summed E-state index contributed by atoms with van der Waals surface area (Å²) in [6.45, 7) is 1.78. The standard InChI is InChI=1S/C12H14N4O2/c1-14-8-9-6-12(16(17)18)11(7-10(9)13-14)15-4-2-3-5-15/h6-8H,2-5H2,1H3. The van der Waals surface area contributed by atoms with Crippen LogP contribution in [0.5, 0.6) is 0 Å². The number of benzene rings is 1. The maximum atomic E-state index is 11.2. The summed E-state index contributed by atoms with van der Waals surface area (Å²) in [5.74, 6) is 0. The molecule has 2 aromatic rings. The Hall–Kier alpha value is -2.11. The van der Waals surface area contributed by atoms with E-state index in [1.54, 1.807) is 16.9 Å². The van der Waals surface area contributed by atoms with E-state index < -0.39 is 0 Å². The van der Waals surface area contributed by atoms with Crippen LogP contribution >= 0.6 is 0 Å². The fraction of sp³-hybridized carbons (Fsp3) is 0.417. The van der Waals surface area contributed by atoms with Crippen LogP contribution in [0.15, 0.2) is 18.3 Å². The first-order valence-corrected chi connectivity index (χ1v) is 6.02. The second-order valence-electron chi connectivity index (χ2n) is 4.65. The highest BCUT2D eigenvalue weighted by Crippen LogP contribution is 2.34. The average Bonchev–Trinajstić information content (AvgIpc) is 2.93. The number of hydrogen-bond donors (Lipinski definition) is 0. The van der Waals surface area contributed by atoms with Crippen LogP contribution in [0.25, 0.3) is 10.9 Å². The third-order valence-electron chi connectivity index (χ3n) is 3.36. The van der Waals surface area contributed by atoms with E-state index in [9.17, 15) is 10.1 Å². The minimum atomic E-state index is -0.305. The van der Waals surface area contributed by atoms with Gasteiger partial charge in [0.1, 0.15) is 5.69 Å². The maximum Gasteiger partial charge on any atom is 0.293 e. The average molecular weight is 246 g/mol. The molecule has 0 unspecified atom stereocenters. The lowest BCUT2D eigenvalue weighted by Crippen LogP contribution is -2.18. The van der Waals surface area contributed by atoms with Gasteiger partial charge in [-0.05, 0) is 18.9 Å². The van der Waals surface area contributed by atoms with E-state index in [0.717, 1.165) is 36.8 Å². The van der Waals surface area contributed by atoms with Gasteiger partial charge in [0.25, 0.3) is 5.69 Å². The van der Waals surface area contributed by atoms with E-state index in [0.29, 0.717) is 5.69 Å². The molecule has 0 atom stereocenters. The number of hydrogen-bond acceptors (Lipinski definition) is 4. The van der Waals surface area contributed by atoms with Crippen molar-refractivity contribution >= 4 is 22.3 Å². The van der Waals surface area contributed by atoms with E-state index in [1.807, 2.05) is 13.1 Å². The monoisotopic (exact) mass is 246 g/mol. The lowest BCUT2D eigenvalue weighted by atomic mass is 10.2. The quantitative estimate of drug-likeness (QED) is 0.601. The van der Waals surface area contributed by atoms with Crippen molar-refractivity contribution in [1.29, 1.82) is 0 Å². The molecule has 0 radical (unpaired) electrons. The number of anilines is 1. The van der Waals surface area contributed by atoms with E-state index in [2.05, 4.69) is 10.00 Å². The Bertz CT molecular complexity index is 614. The highest BCUT2D eigenvalue weighted by molar-refractivity contribution is 5.87. The molecule has 1 aliphatic heterocycles. The second kappa shape index (κ2) is 3.97. The Kier molecular flexibility index (Phi) is 2.43. The van der Waals surface area contributed by atoms with Crippen molar-refractivity contribution in [1.82, 2.24) is 9.78 Å². The van der Waals surface area contributed by atoms with Crippen LogP contribution in [0.4, 0.5) is 11.4 Å². The fourth-order valence-corrected chi connectivity index (χ4v) is 2.53. The van der Waals surface area contributed by atoms with E-state index >= 15 is 0 Å². The van der Waals surface area contributed by atoms with Gasteiger partial charge in [-0.3, -0.25) is 14.8 Å². The van der Waals surface area contributed by atoms with Crippen molar-refractivity contribution in [3.8, 4) is 0 Å². The van der Waals surface area contributed by atoms with Gasteiger partial charge in [-0.1, -0.05) is 0 Å². The topological polar surface area (TPSA) is 64.2 Å². The molecule has 6 nitrogen and oxygen atoms in total. The lowest BCUT2D eigenvalue weighted by molar-refractivity contribution is -0.384. The van der Waals surface area contributed by atoms with Gasteiger partial charge in [-0.15, -0.1) is 0 Å². The van der Waals surface area contributed by atoms with Gasteiger partial charge < -0.3 is 4.90 Å². The molecule has 0 aliphatic carbocycles. The smallest absolute Gasteiger partial charge is 0.293 e. The zero-order valence-electron chi connectivity index (χ0n) is 10.2. The molecule has 3 rings (SSSR count). The molecule has 0 amide bonds. The van der Waals surface area contributed by atoms with Gasteiger partial charge in [0.05, 0.1) is 10.4 Å². The highest BCUT2D eigenvalue weighted by Gasteiger charge is 2.23. The molecular formula is C12H14N4O2. The zero-order chi connectivity index (χ0) is 12.7. The molecule has 0 spiro atoms. The molecule has 0 saturated carbocycles. The van der Waals surface area contributed by atoms with Gasteiger partial charge in [-0.25, -0.2) is 0 Å². The van der Waals surface area contributed by atoms with Gasteiger partial charge in [0.15, 0.2) is 0 Å². The number of rotatable bonds is 2. The minimum absolute atomic E-state index is 0.178. The van der Waals surface area contributed by atoms with Gasteiger partial charge >= 0.3 is 0 Å². The van der Waals surface area contributed by atoms with Crippen molar-refractivity contribution in [3.05, 3.63) is 28.4 Å². The highest BCUT2D eigenvalue weighted by atomic mass is 16.6. The third kappa shape index (κ3) is 1.70. The lowest BCUT2D eigenvalue weighted by Gasteiger charge is -2.17. The number of nitrogens with zero attached hydrogens (tertiary/aromatic N) is 4. The number of fused-ring (bicyclic) bond motifs is 1. The molecule has 18 heavy (non-hydrogen) atoms. The van der Waals surface area contributed by atoms with Crippen molar-refractivity contribution in [3.63, 3.8) is 0 Å². The van der Waals surface area contributed by atoms with Crippen LogP contribution in [0.2, 0.25) is 0 Å². The summed E-state index contributed by atoms with van der Waals surface area (Å²) in [5.41, 5.74) is 1.69. The van der Waals surface area contributed by atoms with Crippen molar-refractivity contribution in [2.45, 2.75) is 12.8 Å². The van der Waals surface area contributed by atoms with Crippen LogP contribution in [-0.2, 0) is 7.05 Å². The third-order valence-corrected chi connectivity index (χ3v) is 3.36. The Balaban J connectivity index is 2.19. The molecule has 0 bridgehead atoms.